The number of benzene rings is 3. The maximum absolute atomic E-state index is 9.23. The molecule has 1 heterocycles. The highest BCUT2D eigenvalue weighted by atomic mass is 32.1. The highest BCUT2D eigenvalue weighted by Crippen LogP contribution is 2.23. The fourth-order valence-corrected chi connectivity index (χ4v) is 4.92. The van der Waals surface area contributed by atoms with Crippen molar-refractivity contribution in [2.45, 2.75) is 0 Å². The van der Waals surface area contributed by atoms with Gasteiger partial charge in [0.05, 0.1) is 36.6 Å². The molecule has 0 aliphatic rings. The van der Waals surface area contributed by atoms with E-state index in [2.05, 4.69) is 28.7 Å². The van der Waals surface area contributed by atoms with Crippen LogP contribution in [0.25, 0.3) is 10.2 Å². The van der Waals surface area contributed by atoms with Gasteiger partial charge in [-0.05, 0) is 72.7 Å². The average molecular weight is 542 g/mol. The van der Waals surface area contributed by atoms with E-state index in [4.69, 9.17) is 0 Å². The minimum absolute atomic E-state index is 0.0245. The molecule has 3 aromatic carbocycles. The van der Waals surface area contributed by atoms with Gasteiger partial charge in [0.15, 0.2) is 5.01 Å². The molecule has 0 spiro atoms. The summed E-state index contributed by atoms with van der Waals surface area (Å²) in [7, 11) is 0. The van der Waals surface area contributed by atoms with Crippen LogP contribution in [0.1, 0.15) is 21.7 Å². The number of rotatable bonds is 10. The summed E-state index contributed by atoms with van der Waals surface area (Å²) in [4.78, 5) is 8.48. The largest absolute Gasteiger partial charge is 0.395 e. The molecule has 0 saturated carbocycles. The van der Waals surface area contributed by atoms with Crippen molar-refractivity contribution in [3.63, 3.8) is 0 Å². The molecule has 200 valence electrons. The van der Waals surface area contributed by atoms with Crippen molar-refractivity contribution in [1.82, 2.24) is 4.98 Å². The van der Waals surface area contributed by atoms with Gasteiger partial charge in [-0.3, -0.25) is 0 Å². The molecule has 1 aromatic heterocycles. The number of fused-ring (bicyclic) bond motifs is 1. The third kappa shape index (κ3) is 7.81. The van der Waals surface area contributed by atoms with Crippen molar-refractivity contribution in [3.8, 4) is 23.7 Å². The Morgan fingerprint density at radius 2 is 1.00 bits per heavy atom. The quantitative estimate of drug-likeness (QED) is 0.229. The minimum atomic E-state index is 0.0245. The van der Waals surface area contributed by atoms with Crippen molar-refractivity contribution >= 4 is 32.9 Å². The van der Waals surface area contributed by atoms with Gasteiger partial charge >= 0.3 is 0 Å². The first-order valence-electron chi connectivity index (χ1n) is 12.7. The molecule has 4 rings (SSSR count). The Bertz CT molecular complexity index is 1390. The molecular formula is C31H31N3O4S. The third-order valence-corrected chi connectivity index (χ3v) is 6.93. The van der Waals surface area contributed by atoms with E-state index in [9.17, 15) is 20.4 Å². The van der Waals surface area contributed by atoms with Gasteiger partial charge in [-0.15, -0.1) is 11.3 Å². The third-order valence-electron chi connectivity index (χ3n) is 6.00. The van der Waals surface area contributed by atoms with E-state index in [1.165, 1.54) is 11.3 Å². The molecule has 4 aromatic rings. The SMILES string of the molecule is OCCN(CCO)c1ccc(C#Cc2ccc3nc(C#Cc4ccc(N(CCO)CCO)cc4)sc3c2)cc1. The second-order valence-electron chi connectivity index (χ2n) is 8.66. The van der Waals surface area contributed by atoms with Crippen LogP contribution in [0.4, 0.5) is 11.4 Å². The first-order chi connectivity index (χ1) is 19.1. The van der Waals surface area contributed by atoms with E-state index < -0.39 is 0 Å². The number of hydrogen-bond donors (Lipinski definition) is 4. The fraction of sp³-hybridized carbons (Fsp3) is 0.258. The molecule has 8 heteroatoms. The Morgan fingerprint density at radius 3 is 1.49 bits per heavy atom. The highest BCUT2D eigenvalue weighted by Gasteiger charge is 2.06. The second-order valence-corrected chi connectivity index (χ2v) is 9.69. The number of aliphatic hydroxyl groups is 4. The zero-order valence-electron chi connectivity index (χ0n) is 21.5. The van der Waals surface area contributed by atoms with Crippen LogP contribution in [-0.2, 0) is 0 Å². The average Bonchev–Trinajstić information content (AvgIpc) is 3.38. The molecule has 7 nitrogen and oxygen atoms in total. The predicted octanol–water partition coefficient (Wildman–Crippen LogP) is 2.68. The van der Waals surface area contributed by atoms with Crippen LogP contribution in [-0.4, -0.2) is 78.0 Å². The molecule has 4 N–H and O–H groups in total. The predicted molar refractivity (Wildman–Crippen MR) is 157 cm³/mol. The molecule has 0 saturated heterocycles. The summed E-state index contributed by atoms with van der Waals surface area (Å²) in [5.41, 5.74) is 5.38. The van der Waals surface area contributed by atoms with E-state index >= 15 is 0 Å². The normalized spacial score (nSPS) is 10.5. The summed E-state index contributed by atoms with van der Waals surface area (Å²) in [5, 5.41) is 37.7. The zero-order valence-corrected chi connectivity index (χ0v) is 22.4. The lowest BCUT2D eigenvalue weighted by molar-refractivity contribution is 0.280. The number of nitrogens with zero attached hydrogens (tertiary/aromatic N) is 3. The maximum atomic E-state index is 9.23. The van der Waals surface area contributed by atoms with Crippen LogP contribution >= 0.6 is 11.3 Å². The summed E-state index contributed by atoms with van der Waals surface area (Å²) >= 11 is 1.53. The zero-order chi connectivity index (χ0) is 27.5. The Balaban J connectivity index is 1.45. The van der Waals surface area contributed by atoms with E-state index in [1.807, 2.05) is 76.5 Å². The molecule has 0 unspecified atom stereocenters. The van der Waals surface area contributed by atoms with Crippen LogP contribution in [0.15, 0.2) is 66.7 Å². The number of aliphatic hydroxyl groups excluding tert-OH is 4. The van der Waals surface area contributed by atoms with Crippen molar-refractivity contribution in [2.75, 3.05) is 62.4 Å². The van der Waals surface area contributed by atoms with Crippen molar-refractivity contribution < 1.29 is 20.4 Å². The van der Waals surface area contributed by atoms with Crippen LogP contribution < -0.4 is 9.80 Å². The van der Waals surface area contributed by atoms with Crippen LogP contribution in [0.2, 0.25) is 0 Å². The van der Waals surface area contributed by atoms with Gasteiger partial charge in [0.25, 0.3) is 0 Å². The maximum Gasteiger partial charge on any atom is 0.168 e. The smallest absolute Gasteiger partial charge is 0.168 e. The number of aromatic nitrogens is 1. The van der Waals surface area contributed by atoms with Crippen molar-refractivity contribution in [3.05, 3.63) is 88.4 Å². The first-order valence-corrected chi connectivity index (χ1v) is 13.5. The number of thiazole rings is 1. The Labute approximate surface area is 232 Å². The lowest BCUT2D eigenvalue weighted by Crippen LogP contribution is -2.29. The summed E-state index contributed by atoms with van der Waals surface area (Å²) in [6, 6.07) is 21.4. The molecule has 0 aliphatic carbocycles. The van der Waals surface area contributed by atoms with Gasteiger partial charge in [-0.25, -0.2) is 4.98 Å². The molecule has 0 atom stereocenters. The van der Waals surface area contributed by atoms with Crippen molar-refractivity contribution in [1.29, 1.82) is 0 Å². The van der Waals surface area contributed by atoms with Gasteiger partial charge in [0, 0.05) is 54.2 Å². The lowest BCUT2D eigenvalue weighted by Gasteiger charge is -2.22. The standard InChI is InChI=1S/C31H31N3O4S/c35-19-15-33(16-20-36)27-9-3-24(4-10-27)1-2-26-7-13-29-30(23-26)39-31(32-29)14-8-25-5-11-28(12-6-25)34(17-21-37)18-22-38/h3-7,9-13,23,35-38H,15-22H2. The second kappa shape index (κ2) is 14.3. The first kappa shape index (κ1) is 28.1. The molecule has 0 fully saturated rings. The van der Waals surface area contributed by atoms with E-state index in [0.717, 1.165) is 43.3 Å². The molecular weight excluding hydrogens is 510 g/mol. The summed E-state index contributed by atoms with van der Waals surface area (Å²) in [6.45, 7) is 1.96. The minimum Gasteiger partial charge on any atom is -0.395 e. The molecule has 0 bridgehead atoms. The highest BCUT2D eigenvalue weighted by molar-refractivity contribution is 7.19. The fourth-order valence-electron chi connectivity index (χ4n) is 4.06. The van der Waals surface area contributed by atoms with Gasteiger partial charge in [0.2, 0.25) is 0 Å². The van der Waals surface area contributed by atoms with E-state index in [1.54, 1.807) is 0 Å². The topological polar surface area (TPSA) is 100 Å². The van der Waals surface area contributed by atoms with Gasteiger partial charge < -0.3 is 30.2 Å². The Morgan fingerprint density at radius 1 is 0.564 bits per heavy atom. The van der Waals surface area contributed by atoms with Gasteiger partial charge in [0.1, 0.15) is 0 Å². The van der Waals surface area contributed by atoms with Crippen LogP contribution in [0.3, 0.4) is 0 Å². The number of anilines is 2. The molecule has 39 heavy (non-hydrogen) atoms. The molecule has 0 aliphatic heterocycles. The summed E-state index contributed by atoms with van der Waals surface area (Å²) in [6.07, 6.45) is 0. The van der Waals surface area contributed by atoms with Gasteiger partial charge in [-0.2, -0.15) is 0 Å². The Hall–Kier alpha value is -3.89. The van der Waals surface area contributed by atoms with Gasteiger partial charge in [-0.1, -0.05) is 17.8 Å². The molecule has 0 amide bonds. The summed E-state index contributed by atoms with van der Waals surface area (Å²) in [5.74, 6) is 12.7. The van der Waals surface area contributed by atoms with E-state index in [0.29, 0.717) is 26.2 Å². The molecule has 0 radical (unpaired) electrons. The van der Waals surface area contributed by atoms with Crippen molar-refractivity contribution in [2.24, 2.45) is 0 Å². The lowest BCUT2D eigenvalue weighted by atomic mass is 10.1. The monoisotopic (exact) mass is 541 g/mol. The van der Waals surface area contributed by atoms with Crippen LogP contribution in [0, 0.1) is 23.7 Å². The van der Waals surface area contributed by atoms with Crippen LogP contribution in [0.5, 0.6) is 0 Å². The summed E-state index contributed by atoms with van der Waals surface area (Å²) < 4.78 is 1.02. The van der Waals surface area contributed by atoms with E-state index in [-0.39, 0.29) is 26.4 Å². The number of hydrogen-bond acceptors (Lipinski definition) is 8. The Kier molecular flexibility index (Phi) is 10.3.